The number of rotatable bonds is 3. The van der Waals surface area contributed by atoms with Crippen LogP contribution in [0.3, 0.4) is 0 Å². The van der Waals surface area contributed by atoms with Crippen molar-refractivity contribution in [3.8, 4) is 0 Å². The van der Waals surface area contributed by atoms with Crippen molar-refractivity contribution in [2.24, 2.45) is 5.16 Å². The molecule has 0 aliphatic heterocycles. The highest BCUT2D eigenvalue weighted by molar-refractivity contribution is 6.14. The molecule has 0 aliphatic carbocycles. The number of benzene rings is 2. The van der Waals surface area contributed by atoms with Crippen molar-refractivity contribution in [2.45, 2.75) is 6.92 Å². The summed E-state index contributed by atoms with van der Waals surface area (Å²) >= 11 is 0. The minimum atomic E-state index is 0.597. The fraction of sp³-hybridized carbons (Fsp3) is 0.0625. The van der Waals surface area contributed by atoms with E-state index in [9.17, 15) is 5.21 Å². The van der Waals surface area contributed by atoms with Crippen LogP contribution in [0.15, 0.2) is 71.4 Å². The van der Waals surface area contributed by atoms with E-state index >= 15 is 0 Å². The minimum absolute atomic E-state index is 0.597. The Morgan fingerprint density at radius 3 is 2.06 bits per heavy atom. The lowest BCUT2D eigenvalue weighted by Crippen LogP contribution is -2.02. The summed E-state index contributed by atoms with van der Waals surface area (Å²) in [5.41, 5.74) is 3.52. The van der Waals surface area contributed by atoms with Gasteiger partial charge in [0.1, 0.15) is 5.71 Å². The van der Waals surface area contributed by atoms with E-state index in [0.29, 0.717) is 5.71 Å². The zero-order chi connectivity index (χ0) is 12.8. The molecule has 0 unspecified atom stereocenters. The Kier molecular flexibility index (Phi) is 3.92. The lowest BCUT2D eigenvalue weighted by Gasteiger charge is -2.05. The van der Waals surface area contributed by atoms with Gasteiger partial charge in [0.05, 0.1) is 0 Å². The second kappa shape index (κ2) is 5.82. The first-order valence-electron chi connectivity index (χ1n) is 5.82. The van der Waals surface area contributed by atoms with E-state index in [4.69, 9.17) is 0 Å². The molecule has 2 rings (SSSR count). The van der Waals surface area contributed by atoms with Gasteiger partial charge in [-0.1, -0.05) is 65.8 Å². The highest BCUT2D eigenvalue weighted by Gasteiger charge is 2.05. The Balaban J connectivity index is 2.33. The zero-order valence-corrected chi connectivity index (χ0v) is 10.2. The highest BCUT2D eigenvalue weighted by Crippen LogP contribution is 2.13. The monoisotopic (exact) mass is 237 g/mol. The van der Waals surface area contributed by atoms with E-state index in [1.54, 1.807) is 0 Å². The molecule has 0 amide bonds. The topological polar surface area (TPSA) is 32.6 Å². The molecule has 2 heteroatoms. The van der Waals surface area contributed by atoms with Gasteiger partial charge in [-0.3, -0.25) is 0 Å². The van der Waals surface area contributed by atoms with Crippen molar-refractivity contribution < 1.29 is 5.21 Å². The van der Waals surface area contributed by atoms with Crippen LogP contribution in [0.2, 0.25) is 0 Å². The Morgan fingerprint density at radius 2 is 1.50 bits per heavy atom. The molecular formula is C16H15NO. The van der Waals surface area contributed by atoms with Crippen LogP contribution in [0.5, 0.6) is 0 Å². The highest BCUT2D eigenvalue weighted by atomic mass is 16.4. The molecule has 0 aliphatic rings. The molecule has 0 spiro atoms. The largest absolute Gasteiger partial charge is 0.410 e. The molecular weight excluding hydrogens is 222 g/mol. The lowest BCUT2D eigenvalue weighted by atomic mass is 10.0. The first-order chi connectivity index (χ1) is 8.81. The van der Waals surface area contributed by atoms with Gasteiger partial charge in [0.25, 0.3) is 0 Å². The second-order valence-electron chi connectivity index (χ2n) is 4.05. The number of oxime groups is 1. The average molecular weight is 237 g/mol. The van der Waals surface area contributed by atoms with Crippen LogP contribution < -0.4 is 0 Å². The average Bonchev–Trinajstić information content (AvgIpc) is 2.42. The Hall–Kier alpha value is -2.35. The molecule has 0 saturated carbocycles. The van der Waals surface area contributed by atoms with Crippen molar-refractivity contribution in [3.05, 3.63) is 77.4 Å². The molecule has 0 atom stereocenters. The molecule has 0 heterocycles. The maximum atomic E-state index is 9.18. The Bertz CT molecular complexity index is 556. The van der Waals surface area contributed by atoms with Gasteiger partial charge in [-0.25, -0.2) is 0 Å². The zero-order valence-electron chi connectivity index (χ0n) is 10.2. The predicted molar refractivity (Wildman–Crippen MR) is 74.9 cm³/mol. The fourth-order valence-corrected chi connectivity index (χ4v) is 1.83. The summed E-state index contributed by atoms with van der Waals surface area (Å²) in [5.74, 6) is 0. The van der Waals surface area contributed by atoms with Crippen molar-refractivity contribution in [2.75, 3.05) is 0 Å². The third-order valence-corrected chi connectivity index (χ3v) is 2.70. The van der Waals surface area contributed by atoms with Crippen LogP contribution in [-0.2, 0) is 0 Å². The van der Waals surface area contributed by atoms with E-state index in [2.05, 4.69) is 5.16 Å². The molecule has 2 aromatic rings. The van der Waals surface area contributed by atoms with Gasteiger partial charge in [0, 0.05) is 5.56 Å². The first kappa shape index (κ1) is 12.1. The summed E-state index contributed by atoms with van der Waals surface area (Å²) in [5, 5.41) is 12.6. The summed E-state index contributed by atoms with van der Waals surface area (Å²) in [4.78, 5) is 0. The first-order valence-corrected chi connectivity index (χ1v) is 5.82. The van der Waals surface area contributed by atoms with Gasteiger partial charge in [0.15, 0.2) is 0 Å². The molecule has 90 valence electrons. The van der Waals surface area contributed by atoms with E-state index < -0.39 is 0 Å². The molecule has 2 aromatic carbocycles. The maximum Gasteiger partial charge on any atom is 0.112 e. The van der Waals surface area contributed by atoms with Crippen LogP contribution >= 0.6 is 0 Å². The summed E-state index contributed by atoms with van der Waals surface area (Å²) in [6.07, 6.45) is 2.00. The SMILES string of the molecule is CC(=C\c1ccccc1)/C(=N\O)c1ccccc1. The normalized spacial score (nSPS) is 12.5. The van der Waals surface area contributed by atoms with Gasteiger partial charge in [-0.05, 0) is 24.1 Å². The summed E-state index contributed by atoms with van der Waals surface area (Å²) in [7, 11) is 0. The van der Waals surface area contributed by atoms with E-state index in [1.807, 2.05) is 73.7 Å². The van der Waals surface area contributed by atoms with E-state index in [0.717, 1.165) is 16.7 Å². The fourth-order valence-electron chi connectivity index (χ4n) is 1.83. The number of allylic oxidation sites excluding steroid dienone is 1. The third kappa shape index (κ3) is 2.86. The van der Waals surface area contributed by atoms with Gasteiger partial charge >= 0.3 is 0 Å². The summed E-state index contributed by atoms with van der Waals surface area (Å²) in [6, 6.07) is 19.6. The standard InChI is InChI=1S/C16H15NO/c1-13(12-14-8-4-2-5-9-14)16(17-18)15-10-6-3-7-11-15/h2-12,18H,1H3/b13-12+,17-16+. The third-order valence-electron chi connectivity index (χ3n) is 2.70. The number of hydrogen-bond donors (Lipinski definition) is 1. The van der Waals surface area contributed by atoms with Crippen LogP contribution in [0.25, 0.3) is 6.08 Å². The van der Waals surface area contributed by atoms with E-state index in [-0.39, 0.29) is 0 Å². The number of hydrogen-bond acceptors (Lipinski definition) is 2. The predicted octanol–water partition coefficient (Wildman–Crippen LogP) is 3.97. The van der Waals surface area contributed by atoms with Crippen molar-refractivity contribution in [1.82, 2.24) is 0 Å². The van der Waals surface area contributed by atoms with Gasteiger partial charge in [0.2, 0.25) is 0 Å². The molecule has 0 fully saturated rings. The van der Waals surface area contributed by atoms with Crippen LogP contribution in [0.1, 0.15) is 18.1 Å². The molecule has 18 heavy (non-hydrogen) atoms. The van der Waals surface area contributed by atoms with Crippen LogP contribution in [0, 0.1) is 0 Å². The van der Waals surface area contributed by atoms with Crippen molar-refractivity contribution in [1.29, 1.82) is 0 Å². The van der Waals surface area contributed by atoms with E-state index in [1.165, 1.54) is 0 Å². The maximum absolute atomic E-state index is 9.18. The molecule has 0 aromatic heterocycles. The molecule has 0 saturated heterocycles. The quantitative estimate of drug-likeness (QED) is 0.489. The summed E-state index contributed by atoms with van der Waals surface area (Å²) in [6.45, 7) is 1.94. The Morgan fingerprint density at radius 1 is 0.944 bits per heavy atom. The van der Waals surface area contributed by atoms with Crippen molar-refractivity contribution >= 4 is 11.8 Å². The van der Waals surface area contributed by atoms with Crippen LogP contribution in [0.4, 0.5) is 0 Å². The molecule has 1 N–H and O–H groups in total. The summed E-state index contributed by atoms with van der Waals surface area (Å²) < 4.78 is 0. The smallest absolute Gasteiger partial charge is 0.112 e. The van der Waals surface area contributed by atoms with Crippen molar-refractivity contribution in [3.63, 3.8) is 0 Å². The van der Waals surface area contributed by atoms with Gasteiger partial charge in [-0.2, -0.15) is 0 Å². The lowest BCUT2D eigenvalue weighted by molar-refractivity contribution is 0.319. The van der Waals surface area contributed by atoms with Crippen LogP contribution in [-0.4, -0.2) is 10.9 Å². The van der Waals surface area contributed by atoms with Gasteiger partial charge in [-0.15, -0.1) is 0 Å². The number of nitrogens with zero attached hydrogens (tertiary/aromatic N) is 1. The molecule has 2 nitrogen and oxygen atoms in total. The second-order valence-corrected chi connectivity index (χ2v) is 4.05. The Labute approximate surface area is 107 Å². The van der Waals surface area contributed by atoms with Gasteiger partial charge < -0.3 is 5.21 Å². The minimum Gasteiger partial charge on any atom is -0.410 e. The molecule has 0 radical (unpaired) electrons. The molecule has 0 bridgehead atoms.